The number of ketones is 1. The monoisotopic (exact) mass is 512 g/mol. The number of nitrogens with zero attached hydrogens (tertiary/aromatic N) is 2. The van der Waals surface area contributed by atoms with Crippen LogP contribution in [-0.2, 0) is 12.8 Å². The fraction of sp³-hybridized carbons (Fsp3) is 0.452. The highest BCUT2D eigenvalue weighted by molar-refractivity contribution is 5.98. The molecule has 6 rings (SSSR count). The Morgan fingerprint density at radius 2 is 1.89 bits per heavy atom. The first-order valence-corrected chi connectivity index (χ1v) is 13.9. The second-order valence-corrected chi connectivity index (χ2v) is 11.2. The summed E-state index contributed by atoms with van der Waals surface area (Å²) in [7, 11) is 0. The molecular weight excluding hydrogens is 476 g/mol. The highest BCUT2D eigenvalue weighted by Gasteiger charge is 2.43. The van der Waals surface area contributed by atoms with Crippen molar-refractivity contribution in [2.45, 2.75) is 64.4 Å². The molecule has 0 atom stereocenters. The van der Waals surface area contributed by atoms with Gasteiger partial charge in [-0.15, -0.1) is 0 Å². The van der Waals surface area contributed by atoms with Crippen LogP contribution in [0.5, 0.6) is 5.75 Å². The SMILES string of the molecule is Cc1cc(C)c(CCC(=O)c2cc3c(c(-c4ccc(N5CCNCC5)nc4)c2)OC2(CCCC2)C3)c(=O)[nH]1. The molecule has 0 unspecified atom stereocenters. The van der Waals surface area contributed by atoms with Gasteiger partial charge in [0.15, 0.2) is 5.78 Å². The molecule has 3 aliphatic rings. The lowest BCUT2D eigenvalue weighted by Crippen LogP contribution is -2.43. The first kappa shape index (κ1) is 24.9. The Bertz CT molecular complexity index is 1410. The quantitative estimate of drug-likeness (QED) is 0.472. The van der Waals surface area contributed by atoms with E-state index in [1.807, 2.05) is 38.2 Å². The lowest BCUT2D eigenvalue weighted by Gasteiger charge is -2.28. The summed E-state index contributed by atoms with van der Waals surface area (Å²) in [5.41, 5.74) is 5.92. The van der Waals surface area contributed by atoms with Crippen molar-refractivity contribution in [1.82, 2.24) is 15.3 Å². The molecule has 2 aromatic heterocycles. The molecule has 1 spiro atoms. The number of aryl methyl sites for hydroxylation is 2. The first-order chi connectivity index (χ1) is 18.4. The minimum absolute atomic E-state index is 0.0474. The number of Topliss-reactive ketones (excluding diaryl/α,β-unsaturated/α-hetero) is 1. The molecule has 4 heterocycles. The summed E-state index contributed by atoms with van der Waals surface area (Å²) < 4.78 is 6.69. The lowest BCUT2D eigenvalue weighted by atomic mass is 9.91. The van der Waals surface area contributed by atoms with Crippen LogP contribution in [0.15, 0.2) is 41.3 Å². The predicted molar refractivity (Wildman–Crippen MR) is 149 cm³/mol. The normalized spacial score (nSPS) is 18.0. The molecule has 0 radical (unpaired) electrons. The van der Waals surface area contributed by atoms with E-state index < -0.39 is 0 Å². The third-order valence-corrected chi connectivity index (χ3v) is 8.43. The molecule has 0 amide bonds. The van der Waals surface area contributed by atoms with Crippen LogP contribution in [0.2, 0.25) is 0 Å². The number of nitrogens with one attached hydrogen (secondary N) is 2. The van der Waals surface area contributed by atoms with E-state index in [4.69, 9.17) is 9.72 Å². The lowest BCUT2D eigenvalue weighted by molar-refractivity contribution is 0.0982. The molecule has 7 nitrogen and oxygen atoms in total. The standard InChI is InChI=1S/C31H36N4O3/c1-20-15-21(2)34-30(37)25(20)6-7-27(36)23-16-24-18-31(9-3-4-10-31)38-29(24)26(17-23)22-5-8-28(33-19-22)35-13-11-32-12-14-35/h5,8,15-17,19,32H,3-4,6-7,9-14,18H2,1-2H3,(H,34,37). The Labute approximate surface area is 223 Å². The Morgan fingerprint density at radius 1 is 1.11 bits per heavy atom. The molecule has 38 heavy (non-hydrogen) atoms. The zero-order valence-electron chi connectivity index (χ0n) is 22.4. The van der Waals surface area contributed by atoms with Gasteiger partial charge in [0.1, 0.15) is 17.2 Å². The molecule has 2 N–H and O–H groups in total. The Kier molecular flexibility index (Phi) is 6.56. The van der Waals surface area contributed by atoms with Crippen LogP contribution in [0.1, 0.15) is 64.8 Å². The fourth-order valence-electron chi connectivity index (χ4n) is 6.42. The fourth-order valence-corrected chi connectivity index (χ4v) is 6.42. The number of aromatic nitrogens is 2. The zero-order chi connectivity index (χ0) is 26.3. The number of carbonyl (C=O) groups is 1. The predicted octanol–water partition coefficient (Wildman–Crippen LogP) is 4.53. The maximum absolute atomic E-state index is 13.5. The summed E-state index contributed by atoms with van der Waals surface area (Å²) >= 11 is 0. The highest BCUT2D eigenvalue weighted by atomic mass is 16.5. The third-order valence-electron chi connectivity index (χ3n) is 8.43. The molecule has 0 bridgehead atoms. The van der Waals surface area contributed by atoms with Crippen LogP contribution in [0.4, 0.5) is 5.82 Å². The summed E-state index contributed by atoms with van der Waals surface area (Å²) in [5, 5.41) is 3.38. The van der Waals surface area contributed by atoms with Crippen LogP contribution in [0.25, 0.3) is 11.1 Å². The number of fused-ring (bicyclic) bond motifs is 1. The summed E-state index contributed by atoms with van der Waals surface area (Å²) in [4.78, 5) is 35.9. The Balaban J connectivity index is 1.31. The molecule has 1 saturated heterocycles. The topological polar surface area (TPSA) is 87.3 Å². The van der Waals surface area contributed by atoms with Crippen LogP contribution in [0, 0.1) is 13.8 Å². The maximum atomic E-state index is 13.5. The van der Waals surface area contributed by atoms with Crippen molar-refractivity contribution in [3.05, 3.63) is 74.8 Å². The average Bonchev–Trinajstić information content (AvgIpc) is 3.53. The second kappa shape index (κ2) is 10.0. The first-order valence-electron chi connectivity index (χ1n) is 13.9. The van der Waals surface area contributed by atoms with Crippen molar-refractivity contribution < 1.29 is 9.53 Å². The van der Waals surface area contributed by atoms with Gasteiger partial charge in [-0.3, -0.25) is 9.59 Å². The number of H-pyrrole nitrogens is 1. The van der Waals surface area contributed by atoms with Crippen LogP contribution in [0.3, 0.4) is 0 Å². The van der Waals surface area contributed by atoms with Gasteiger partial charge in [-0.1, -0.05) is 0 Å². The zero-order valence-corrected chi connectivity index (χ0v) is 22.4. The Morgan fingerprint density at radius 3 is 2.61 bits per heavy atom. The number of carbonyl (C=O) groups excluding carboxylic acids is 1. The highest BCUT2D eigenvalue weighted by Crippen LogP contribution is 2.49. The minimum Gasteiger partial charge on any atom is -0.486 e. The van der Waals surface area contributed by atoms with Crippen molar-refractivity contribution >= 4 is 11.6 Å². The average molecular weight is 513 g/mol. The van der Waals surface area contributed by atoms with Gasteiger partial charge < -0.3 is 19.9 Å². The minimum atomic E-state index is -0.140. The molecule has 7 heteroatoms. The maximum Gasteiger partial charge on any atom is 0.251 e. The number of benzene rings is 1. The van der Waals surface area contributed by atoms with E-state index in [0.29, 0.717) is 17.5 Å². The van der Waals surface area contributed by atoms with Crippen molar-refractivity contribution in [3.63, 3.8) is 0 Å². The van der Waals surface area contributed by atoms with Crippen molar-refractivity contribution in [2.24, 2.45) is 0 Å². The number of anilines is 1. The number of rotatable bonds is 6. The molecule has 3 aromatic rings. The summed E-state index contributed by atoms with van der Waals surface area (Å²) in [5.74, 6) is 1.93. The van der Waals surface area contributed by atoms with Crippen LogP contribution >= 0.6 is 0 Å². The number of ether oxygens (including phenoxy) is 1. The van der Waals surface area contributed by atoms with Crippen molar-refractivity contribution in [2.75, 3.05) is 31.1 Å². The molecule has 1 aliphatic carbocycles. The van der Waals surface area contributed by atoms with Gasteiger partial charge in [0, 0.05) is 73.2 Å². The van der Waals surface area contributed by atoms with Gasteiger partial charge in [0.2, 0.25) is 0 Å². The van der Waals surface area contributed by atoms with Gasteiger partial charge in [-0.2, -0.15) is 0 Å². The van der Waals surface area contributed by atoms with Crippen molar-refractivity contribution in [1.29, 1.82) is 0 Å². The van der Waals surface area contributed by atoms with Gasteiger partial charge >= 0.3 is 0 Å². The smallest absolute Gasteiger partial charge is 0.251 e. The van der Waals surface area contributed by atoms with Crippen LogP contribution < -0.4 is 20.5 Å². The van der Waals surface area contributed by atoms with E-state index in [1.165, 1.54) is 12.8 Å². The summed E-state index contributed by atoms with van der Waals surface area (Å²) in [6.07, 6.45) is 7.95. The van der Waals surface area contributed by atoms with Crippen LogP contribution in [-0.4, -0.2) is 47.5 Å². The molecule has 2 aliphatic heterocycles. The van der Waals surface area contributed by atoms with Crippen molar-refractivity contribution in [3.8, 4) is 16.9 Å². The van der Waals surface area contributed by atoms with Gasteiger partial charge in [-0.25, -0.2) is 4.98 Å². The van der Waals surface area contributed by atoms with E-state index >= 15 is 0 Å². The number of aromatic amines is 1. The molecule has 1 aromatic carbocycles. The van der Waals surface area contributed by atoms with Gasteiger partial charge in [0.25, 0.3) is 5.56 Å². The van der Waals surface area contributed by atoms with Gasteiger partial charge in [-0.05, 0) is 87.4 Å². The second-order valence-electron chi connectivity index (χ2n) is 11.2. The van der Waals surface area contributed by atoms with E-state index in [9.17, 15) is 9.59 Å². The molecule has 1 saturated carbocycles. The number of pyridine rings is 2. The molecule has 198 valence electrons. The molecule has 2 fully saturated rings. The summed E-state index contributed by atoms with van der Waals surface area (Å²) in [6, 6.07) is 10.1. The largest absolute Gasteiger partial charge is 0.486 e. The van der Waals surface area contributed by atoms with E-state index in [0.717, 1.165) is 85.0 Å². The Hall–Kier alpha value is -3.45. The van der Waals surface area contributed by atoms with E-state index in [-0.39, 0.29) is 23.4 Å². The molecular formula is C31H36N4O3. The number of hydrogen-bond acceptors (Lipinski definition) is 6. The van der Waals surface area contributed by atoms with Gasteiger partial charge in [0.05, 0.1) is 0 Å². The summed E-state index contributed by atoms with van der Waals surface area (Å²) in [6.45, 7) is 7.63. The third kappa shape index (κ3) is 4.75. The van der Waals surface area contributed by atoms with E-state index in [2.05, 4.69) is 27.3 Å². The van der Waals surface area contributed by atoms with E-state index in [1.54, 1.807) is 0 Å². The number of hydrogen-bond donors (Lipinski definition) is 2. The number of piperazine rings is 1.